The third kappa shape index (κ3) is 3.22. The molecule has 0 radical (unpaired) electrons. The highest BCUT2D eigenvalue weighted by Crippen LogP contribution is 2.46. The number of fused-ring (bicyclic) bond motifs is 2. The molecule has 2 nitrogen and oxygen atoms in total. The van der Waals surface area contributed by atoms with Crippen molar-refractivity contribution in [2.75, 3.05) is 6.54 Å². The minimum absolute atomic E-state index is 0.163. The maximum atomic E-state index is 6.26. The SMILES string of the molecule is CCNC(c1ccc2ccccc2c1)C1CC(C)(C)Oc2ccccc21. The molecular weight excluding hydrogens is 318 g/mol. The number of rotatable bonds is 4. The fourth-order valence-electron chi connectivity index (χ4n) is 4.27. The van der Waals surface area contributed by atoms with Gasteiger partial charge in [0.05, 0.1) is 0 Å². The molecule has 1 N–H and O–H groups in total. The van der Waals surface area contributed by atoms with Crippen LogP contribution in [0.2, 0.25) is 0 Å². The Labute approximate surface area is 156 Å². The van der Waals surface area contributed by atoms with Crippen LogP contribution in [0.5, 0.6) is 5.75 Å². The van der Waals surface area contributed by atoms with E-state index < -0.39 is 0 Å². The second-order valence-corrected chi connectivity index (χ2v) is 7.85. The summed E-state index contributed by atoms with van der Waals surface area (Å²) in [5, 5.41) is 6.35. The second-order valence-electron chi connectivity index (χ2n) is 7.85. The third-order valence-corrected chi connectivity index (χ3v) is 5.38. The first-order chi connectivity index (χ1) is 12.6. The average Bonchev–Trinajstić information content (AvgIpc) is 2.64. The zero-order chi connectivity index (χ0) is 18.1. The van der Waals surface area contributed by atoms with Crippen molar-refractivity contribution in [3.63, 3.8) is 0 Å². The second kappa shape index (κ2) is 6.77. The van der Waals surface area contributed by atoms with Gasteiger partial charge in [0, 0.05) is 12.0 Å². The van der Waals surface area contributed by atoms with E-state index in [-0.39, 0.29) is 11.6 Å². The molecule has 1 aliphatic heterocycles. The summed E-state index contributed by atoms with van der Waals surface area (Å²) in [4.78, 5) is 0. The molecule has 26 heavy (non-hydrogen) atoms. The predicted octanol–water partition coefficient (Wildman–Crippen LogP) is 5.84. The van der Waals surface area contributed by atoms with Gasteiger partial charge >= 0.3 is 0 Å². The minimum atomic E-state index is -0.163. The number of benzene rings is 3. The lowest BCUT2D eigenvalue weighted by atomic mass is 9.77. The van der Waals surface area contributed by atoms with E-state index in [0.717, 1.165) is 18.7 Å². The van der Waals surface area contributed by atoms with Crippen molar-refractivity contribution in [1.82, 2.24) is 5.32 Å². The first kappa shape index (κ1) is 17.1. The summed E-state index contributed by atoms with van der Waals surface area (Å²) >= 11 is 0. The van der Waals surface area contributed by atoms with Crippen molar-refractivity contribution in [2.45, 2.75) is 44.8 Å². The van der Waals surface area contributed by atoms with Crippen LogP contribution in [0.3, 0.4) is 0 Å². The molecule has 0 fully saturated rings. The minimum Gasteiger partial charge on any atom is -0.488 e. The zero-order valence-electron chi connectivity index (χ0n) is 15.8. The Kier molecular flexibility index (Phi) is 4.46. The van der Waals surface area contributed by atoms with Crippen LogP contribution in [0.15, 0.2) is 66.7 Å². The van der Waals surface area contributed by atoms with E-state index in [1.54, 1.807) is 0 Å². The van der Waals surface area contributed by atoms with E-state index in [9.17, 15) is 0 Å². The fourth-order valence-corrected chi connectivity index (χ4v) is 4.27. The van der Waals surface area contributed by atoms with Crippen molar-refractivity contribution in [3.05, 3.63) is 77.9 Å². The molecule has 0 saturated carbocycles. The van der Waals surface area contributed by atoms with Gasteiger partial charge < -0.3 is 10.1 Å². The largest absolute Gasteiger partial charge is 0.488 e. The van der Waals surface area contributed by atoms with Crippen LogP contribution in [0.25, 0.3) is 10.8 Å². The highest BCUT2D eigenvalue weighted by Gasteiger charge is 2.38. The maximum Gasteiger partial charge on any atom is 0.123 e. The number of hydrogen-bond acceptors (Lipinski definition) is 2. The molecule has 0 spiro atoms. The van der Waals surface area contributed by atoms with E-state index >= 15 is 0 Å². The van der Waals surface area contributed by atoms with Crippen LogP contribution in [-0.4, -0.2) is 12.1 Å². The molecule has 2 atom stereocenters. The van der Waals surface area contributed by atoms with Gasteiger partial charge in [0.1, 0.15) is 11.4 Å². The van der Waals surface area contributed by atoms with Crippen LogP contribution in [0.4, 0.5) is 0 Å². The van der Waals surface area contributed by atoms with Crippen molar-refractivity contribution < 1.29 is 4.74 Å². The Morgan fingerprint density at radius 1 is 1.00 bits per heavy atom. The van der Waals surface area contributed by atoms with Crippen molar-refractivity contribution in [3.8, 4) is 5.75 Å². The molecule has 0 aliphatic carbocycles. The summed E-state index contributed by atoms with van der Waals surface area (Å²) in [5.41, 5.74) is 2.50. The molecule has 2 heteroatoms. The van der Waals surface area contributed by atoms with Gasteiger partial charge in [-0.2, -0.15) is 0 Å². The summed E-state index contributed by atoms with van der Waals surface area (Å²) in [5.74, 6) is 1.41. The van der Waals surface area contributed by atoms with Crippen LogP contribution in [0, 0.1) is 0 Å². The Morgan fingerprint density at radius 3 is 2.54 bits per heavy atom. The van der Waals surface area contributed by atoms with E-state index in [1.807, 2.05) is 0 Å². The molecule has 3 aromatic rings. The molecule has 3 aromatic carbocycles. The Hall–Kier alpha value is -2.32. The van der Waals surface area contributed by atoms with Crippen molar-refractivity contribution >= 4 is 10.8 Å². The molecule has 1 heterocycles. The molecule has 0 aromatic heterocycles. The van der Waals surface area contributed by atoms with Crippen LogP contribution >= 0.6 is 0 Å². The van der Waals surface area contributed by atoms with Gasteiger partial charge in [-0.3, -0.25) is 0 Å². The Balaban J connectivity index is 1.80. The van der Waals surface area contributed by atoms with Crippen molar-refractivity contribution in [2.24, 2.45) is 0 Å². The summed E-state index contributed by atoms with van der Waals surface area (Å²) in [7, 11) is 0. The summed E-state index contributed by atoms with van der Waals surface area (Å²) in [6.07, 6.45) is 0.995. The van der Waals surface area contributed by atoms with Crippen LogP contribution in [0.1, 0.15) is 50.3 Å². The first-order valence-corrected chi connectivity index (χ1v) is 9.57. The number of ether oxygens (including phenoxy) is 1. The van der Waals surface area contributed by atoms with E-state index in [2.05, 4.69) is 92.8 Å². The average molecular weight is 345 g/mol. The highest BCUT2D eigenvalue weighted by atomic mass is 16.5. The molecule has 134 valence electrons. The molecular formula is C24H27NO. The smallest absolute Gasteiger partial charge is 0.123 e. The summed E-state index contributed by atoms with van der Waals surface area (Å²) < 4.78 is 6.26. The van der Waals surface area contributed by atoms with Gasteiger partial charge in [-0.1, -0.05) is 61.5 Å². The van der Waals surface area contributed by atoms with Gasteiger partial charge in [0.2, 0.25) is 0 Å². The van der Waals surface area contributed by atoms with Crippen LogP contribution < -0.4 is 10.1 Å². The number of para-hydroxylation sites is 1. The lowest BCUT2D eigenvalue weighted by molar-refractivity contribution is 0.0648. The molecule has 0 amide bonds. The fraction of sp³-hybridized carbons (Fsp3) is 0.333. The van der Waals surface area contributed by atoms with E-state index in [4.69, 9.17) is 4.74 Å². The van der Waals surface area contributed by atoms with Gasteiger partial charge in [-0.15, -0.1) is 0 Å². The molecule has 1 aliphatic rings. The zero-order valence-corrected chi connectivity index (χ0v) is 15.8. The van der Waals surface area contributed by atoms with Gasteiger partial charge in [-0.25, -0.2) is 0 Å². The summed E-state index contributed by atoms with van der Waals surface area (Å²) in [6, 6.07) is 24.2. The summed E-state index contributed by atoms with van der Waals surface area (Å²) in [6.45, 7) is 7.51. The number of likely N-dealkylation sites (N-methyl/N-ethyl adjacent to an activating group) is 1. The normalized spacial score (nSPS) is 19.6. The van der Waals surface area contributed by atoms with Crippen molar-refractivity contribution in [1.29, 1.82) is 0 Å². The monoisotopic (exact) mass is 345 g/mol. The first-order valence-electron chi connectivity index (χ1n) is 9.57. The number of hydrogen-bond donors (Lipinski definition) is 1. The highest BCUT2D eigenvalue weighted by molar-refractivity contribution is 5.83. The standard InChI is InChI=1S/C24H27NO/c1-4-25-23(19-14-13-17-9-5-6-10-18(17)15-19)21-16-24(2,3)26-22-12-8-7-11-20(21)22/h5-15,21,23,25H,4,16H2,1-3H3. The lowest BCUT2D eigenvalue weighted by Gasteiger charge is -2.41. The topological polar surface area (TPSA) is 21.3 Å². The van der Waals surface area contributed by atoms with Gasteiger partial charge in [0.25, 0.3) is 0 Å². The lowest BCUT2D eigenvalue weighted by Crippen LogP contribution is -2.39. The molecule has 0 bridgehead atoms. The molecule has 2 unspecified atom stereocenters. The predicted molar refractivity (Wildman–Crippen MR) is 109 cm³/mol. The van der Waals surface area contributed by atoms with Gasteiger partial charge in [-0.05, 0) is 60.8 Å². The van der Waals surface area contributed by atoms with E-state index in [1.165, 1.54) is 21.9 Å². The van der Waals surface area contributed by atoms with Crippen LogP contribution in [-0.2, 0) is 0 Å². The number of nitrogens with one attached hydrogen (secondary N) is 1. The Bertz CT molecular complexity index is 915. The van der Waals surface area contributed by atoms with E-state index in [0.29, 0.717) is 5.92 Å². The molecule has 0 saturated heterocycles. The molecule has 4 rings (SSSR count). The quantitative estimate of drug-likeness (QED) is 0.642. The van der Waals surface area contributed by atoms with Gasteiger partial charge in [0.15, 0.2) is 0 Å². The Morgan fingerprint density at radius 2 is 1.73 bits per heavy atom. The third-order valence-electron chi connectivity index (χ3n) is 5.38. The maximum absolute atomic E-state index is 6.26.